The van der Waals surface area contributed by atoms with Crippen LogP contribution in [0.15, 0.2) is 90.5 Å². The Hall–Kier alpha value is -4.58. The van der Waals surface area contributed by atoms with Crippen LogP contribution in [0.4, 0.5) is 0 Å². The standard InChI is InChI=1S/C36H31NO5/c1-19-15-22(16-20(2)32(19)39)31-24-13-14-25-30(35(42)37-34(25)41)27(24)17-28-33(40)26(21-9-5-3-6-10-21)18-29(38)36(28,31)23-11-7-4-8-12-23/h3-13,15-16,18,25,27-28,30-31,39H,14,17H2,1-2H3,(H,37,41,42). The number of phenolic OH excluding ortho intramolecular Hbond substituents is 1. The van der Waals surface area contributed by atoms with Crippen molar-refractivity contribution < 1.29 is 24.3 Å². The maximum Gasteiger partial charge on any atom is 0.231 e. The fraction of sp³-hybridized carbons (Fsp3) is 0.278. The largest absolute Gasteiger partial charge is 0.507 e. The van der Waals surface area contributed by atoms with E-state index < -0.39 is 29.1 Å². The fourth-order valence-corrected chi connectivity index (χ4v) is 8.32. The fourth-order valence-electron chi connectivity index (χ4n) is 8.32. The second kappa shape index (κ2) is 9.48. The molecule has 0 spiro atoms. The van der Waals surface area contributed by atoms with Gasteiger partial charge in [0.05, 0.1) is 17.3 Å². The summed E-state index contributed by atoms with van der Waals surface area (Å²) in [6, 6.07) is 22.6. The highest BCUT2D eigenvalue weighted by atomic mass is 16.3. The van der Waals surface area contributed by atoms with Gasteiger partial charge in [-0.2, -0.15) is 0 Å². The summed E-state index contributed by atoms with van der Waals surface area (Å²) in [4.78, 5) is 55.6. The topological polar surface area (TPSA) is 101 Å². The monoisotopic (exact) mass is 557 g/mol. The van der Waals surface area contributed by atoms with Crippen LogP contribution < -0.4 is 5.32 Å². The minimum absolute atomic E-state index is 0.132. The van der Waals surface area contributed by atoms with Crippen molar-refractivity contribution >= 4 is 29.0 Å². The molecule has 2 fully saturated rings. The van der Waals surface area contributed by atoms with E-state index in [2.05, 4.69) is 5.32 Å². The highest BCUT2D eigenvalue weighted by molar-refractivity contribution is 6.31. The Bertz CT molecular complexity index is 1710. The summed E-state index contributed by atoms with van der Waals surface area (Å²) in [5.41, 5.74) is 3.62. The average molecular weight is 558 g/mol. The van der Waals surface area contributed by atoms with Gasteiger partial charge in [0.1, 0.15) is 5.75 Å². The first kappa shape index (κ1) is 26.3. The van der Waals surface area contributed by atoms with Gasteiger partial charge in [-0.15, -0.1) is 0 Å². The van der Waals surface area contributed by atoms with E-state index in [9.17, 15) is 24.3 Å². The number of hydrogen-bond donors (Lipinski definition) is 2. The summed E-state index contributed by atoms with van der Waals surface area (Å²) in [6.07, 6.45) is 4.24. The number of rotatable bonds is 3. The van der Waals surface area contributed by atoms with E-state index >= 15 is 0 Å². The van der Waals surface area contributed by atoms with Crippen LogP contribution in [0.3, 0.4) is 0 Å². The number of imide groups is 1. The lowest BCUT2D eigenvalue weighted by molar-refractivity contribution is -0.135. The maximum absolute atomic E-state index is 14.9. The number of ketones is 2. The van der Waals surface area contributed by atoms with Gasteiger partial charge in [0.2, 0.25) is 11.8 Å². The molecule has 0 bridgehead atoms. The third-order valence-corrected chi connectivity index (χ3v) is 10.1. The van der Waals surface area contributed by atoms with Crippen molar-refractivity contribution in [2.24, 2.45) is 23.7 Å². The molecule has 1 heterocycles. The number of amides is 2. The van der Waals surface area contributed by atoms with E-state index in [1.54, 1.807) is 0 Å². The van der Waals surface area contributed by atoms with Gasteiger partial charge in [0.25, 0.3) is 0 Å². The van der Waals surface area contributed by atoms with E-state index in [0.29, 0.717) is 28.7 Å². The molecule has 6 heteroatoms. The lowest BCUT2D eigenvalue weighted by atomic mass is 9.44. The molecule has 0 radical (unpaired) electrons. The number of benzene rings is 3. The van der Waals surface area contributed by atoms with Gasteiger partial charge in [-0.25, -0.2) is 0 Å². The van der Waals surface area contributed by atoms with Gasteiger partial charge in [0, 0.05) is 17.4 Å². The Balaban J connectivity index is 1.55. The predicted molar refractivity (Wildman–Crippen MR) is 157 cm³/mol. The van der Waals surface area contributed by atoms with Crippen molar-refractivity contribution in [2.75, 3.05) is 0 Å². The number of Topliss-reactive ketones (excluding diaryl/α,β-unsaturated/α-hetero) is 1. The normalized spacial score (nSPS) is 30.1. The van der Waals surface area contributed by atoms with Crippen LogP contribution in [0.1, 0.15) is 46.6 Å². The zero-order chi connectivity index (χ0) is 29.3. The number of carbonyl (C=O) groups excluding carboxylic acids is 4. The number of fused-ring (bicyclic) bond motifs is 4. The first-order valence-electron chi connectivity index (χ1n) is 14.5. The first-order chi connectivity index (χ1) is 20.2. The summed E-state index contributed by atoms with van der Waals surface area (Å²) >= 11 is 0. The second-order valence-electron chi connectivity index (χ2n) is 12.1. The van der Waals surface area contributed by atoms with Crippen molar-refractivity contribution in [1.29, 1.82) is 0 Å². The molecular weight excluding hydrogens is 526 g/mol. The van der Waals surface area contributed by atoms with Gasteiger partial charge < -0.3 is 5.11 Å². The highest BCUT2D eigenvalue weighted by Gasteiger charge is 2.65. The lowest BCUT2D eigenvalue weighted by Crippen LogP contribution is -2.58. The minimum atomic E-state index is -1.26. The molecule has 42 heavy (non-hydrogen) atoms. The molecule has 2 amide bonds. The van der Waals surface area contributed by atoms with E-state index in [4.69, 9.17) is 0 Å². The molecule has 0 aromatic heterocycles. The van der Waals surface area contributed by atoms with Gasteiger partial charge in [-0.3, -0.25) is 24.5 Å². The quantitative estimate of drug-likeness (QED) is 0.344. The van der Waals surface area contributed by atoms with Gasteiger partial charge in [0.15, 0.2) is 11.6 Å². The molecule has 3 aliphatic carbocycles. The molecule has 1 saturated heterocycles. The molecule has 2 N–H and O–H groups in total. The van der Waals surface area contributed by atoms with Crippen LogP contribution in [-0.2, 0) is 24.6 Å². The Labute approximate surface area is 244 Å². The first-order valence-corrected chi connectivity index (χ1v) is 14.5. The Morgan fingerprint density at radius 3 is 2.14 bits per heavy atom. The molecule has 1 saturated carbocycles. The third-order valence-electron chi connectivity index (χ3n) is 10.1. The van der Waals surface area contributed by atoms with Crippen LogP contribution in [0.25, 0.3) is 5.57 Å². The second-order valence-corrected chi connectivity index (χ2v) is 12.1. The number of carbonyl (C=O) groups is 4. The van der Waals surface area contributed by atoms with Gasteiger partial charge in [-0.05, 0) is 66.5 Å². The number of aryl methyl sites for hydroxylation is 2. The molecular formula is C36H31NO5. The predicted octanol–water partition coefficient (Wildman–Crippen LogP) is 5.12. The lowest BCUT2D eigenvalue weighted by Gasteiger charge is -2.55. The summed E-state index contributed by atoms with van der Waals surface area (Å²) < 4.78 is 0. The molecule has 4 aliphatic rings. The molecule has 6 atom stereocenters. The zero-order valence-electron chi connectivity index (χ0n) is 23.5. The molecule has 3 aromatic rings. The number of hydrogen-bond acceptors (Lipinski definition) is 5. The van der Waals surface area contributed by atoms with Gasteiger partial charge in [-0.1, -0.05) is 84.4 Å². The average Bonchev–Trinajstić information content (AvgIpc) is 3.30. The summed E-state index contributed by atoms with van der Waals surface area (Å²) in [7, 11) is 0. The number of aromatic hydroxyl groups is 1. The maximum atomic E-state index is 14.9. The van der Waals surface area contributed by atoms with E-state index in [0.717, 1.165) is 16.7 Å². The Morgan fingerprint density at radius 2 is 1.48 bits per heavy atom. The van der Waals surface area contributed by atoms with Crippen molar-refractivity contribution in [1.82, 2.24) is 5.32 Å². The number of allylic oxidation sites excluding steroid dienone is 4. The van der Waals surface area contributed by atoms with Crippen LogP contribution in [0.2, 0.25) is 0 Å². The van der Waals surface area contributed by atoms with Gasteiger partial charge >= 0.3 is 0 Å². The van der Waals surface area contributed by atoms with Crippen molar-refractivity contribution in [3.05, 3.63) is 118 Å². The molecule has 6 nitrogen and oxygen atoms in total. The Morgan fingerprint density at radius 1 is 0.833 bits per heavy atom. The smallest absolute Gasteiger partial charge is 0.231 e. The molecule has 7 rings (SSSR count). The van der Waals surface area contributed by atoms with E-state index in [1.807, 2.05) is 92.7 Å². The summed E-state index contributed by atoms with van der Waals surface area (Å²) in [6.45, 7) is 3.66. The molecule has 3 aromatic carbocycles. The van der Waals surface area contributed by atoms with E-state index in [1.165, 1.54) is 6.08 Å². The van der Waals surface area contributed by atoms with Crippen molar-refractivity contribution in [3.63, 3.8) is 0 Å². The SMILES string of the molecule is Cc1cc(C2C3=CCC4C(=O)NC(=O)C4C3CC3C(=O)C(c4ccccc4)=CC(=O)C32c2ccccc2)cc(C)c1O. The molecule has 210 valence electrons. The highest BCUT2D eigenvalue weighted by Crippen LogP contribution is 2.63. The van der Waals surface area contributed by atoms with Crippen LogP contribution in [-0.4, -0.2) is 28.5 Å². The summed E-state index contributed by atoms with van der Waals surface area (Å²) in [5.74, 6) is -3.49. The van der Waals surface area contributed by atoms with E-state index in [-0.39, 0.29) is 41.5 Å². The number of nitrogens with one attached hydrogen (secondary N) is 1. The van der Waals surface area contributed by atoms with Crippen molar-refractivity contribution in [2.45, 2.75) is 38.0 Å². The number of phenols is 1. The molecule has 1 aliphatic heterocycles. The third kappa shape index (κ3) is 3.57. The molecule has 6 unspecified atom stereocenters. The summed E-state index contributed by atoms with van der Waals surface area (Å²) in [5, 5.41) is 13.2. The van der Waals surface area contributed by atoms with Crippen LogP contribution in [0, 0.1) is 37.5 Å². The van der Waals surface area contributed by atoms with Crippen LogP contribution >= 0.6 is 0 Å². The minimum Gasteiger partial charge on any atom is -0.507 e. The van der Waals surface area contributed by atoms with Crippen LogP contribution in [0.5, 0.6) is 5.75 Å². The van der Waals surface area contributed by atoms with Crippen molar-refractivity contribution in [3.8, 4) is 5.75 Å². The Kier molecular flexibility index (Phi) is 5.94. The zero-order valence-corrected chi connectivity index (χ0v) is 23.5.